The monoisotopic (exact) mass is 216 g/mol. The summed E-state index contributed by atoms with van der Waals surface area (Å²) < 4.78 is 5.16. The summed E-state index contributed by atoms with van der Waals surface area (Å²) in [5.74, 6) is -1.37. The minimum absolute atomic E-state index is 0.0788. The molecule has 1 atom stereocenters. The molecule has 2 N–H and O–H groups in total. The molecule has 1 rings (SSSR count). The largest absolute Gasteiger partial charge is 0.481 e. The molecular weight excluding hydrogens is 200 g/mol. The van der Waals surface area contributed by atoms with E-state index in [1.807, 2.05) is 0 Å². The van der Waals surface area contributed by atoms with Crippen molar-refractivity contribution in [1.29, 1.82) is 0 Å². The highest BCUT2D eigenvalue weighted by atomic mass is 16.5. The molecule has 1 saturated heterocycles. The number of rotatable bonds is 6. The maximum Gasteiger partial charge on any atom is 0.317 e. The number of carboxylic acids is 1. The van der Waals surface area contributed by atoms with Crippen molar-refractivity contribution in [3.8, 4) is 0 Å². The van der Waals surface area contributed by atoms with E-state index in [1.165, 1.54) is 0 Å². The molecule has 1 aliphatic heterocycles. The van der Waals surface area contributed by atoms with Crippen molar-refractivity contribution < 1.29 is 19.4 Å². The number of amides is 2. The molecular formula is C9H16N2O4. The molecule has 1 heterocycles. The summed E-state index contributed by atoms with van der Waals surface area (Å²) in [6.07, 6.45) is 0. The molecule has 15 heavy (non-hydrogen) atoms. The van der Waals surface area contributed by atoms with Gasteiger partial charge in [0.05, 0.1) is 19.1 Å². The normalized spacial score (nSPS) is 17.7. The van der Waals surface area contributed by atoms with Crippen molar-refractivity contribution in [2.75, 3.05) is 32.8 Å². The predicted octanol–water partition coefficient (Wildman–Crippen LogP) is -0.251. The molecule has 6 nitrogen and oxygen atoms in total. The number of carbonyl (C=O) groups is 2. The van der Waals surface area contributed by atoms with E-state index in [-0.39, 0.29) is 12.6 Å². The van der Waals surface area contributed by atoms with E-state index in [4.69, 9.17) is 9.84 Å². The van der Waals surface area contributed by atoms with Crippen LogP contribution in [0, 0.1) is 5.92 Å². The highest BCUT2D eigenvalue weighted by Crippen LogP contribution is 1.98. The first-order valence-corrected chi connectivity index (χ1v) is 4.94. The van der Waals surface area contributed by atoms with Gasteiger partial charge in [0.25, 0.3) is 0 Å². The Morgan fingerprint density at radius 2 is 2.47 bits per heavy atom. The number of nitrogens with zero attached hydrogens (tertiary/aromatic N) is 1. The van der Waals surface area contributed by atoms with Gasteiger partial charge in [0.15, 0.2) is 0 Å². The molecule has 0 bridgehead atoms. The fraction of sp³-hybridized carbons (Fsp3) is 0.778. The minimum Gasteiger partial charge on any atom is -0.481 e. The molecule has 0 aromatic heterocycles. The van der Waals surface area contributed by atoms with Crippen molar-refractivity contribution >= 4 is 12.0 Å². The van der Waals surface area contributed by atoms with Gasteiger partial charge in [0.1, 0.15) is 0 Å². The molecule has 0 spiro atoms. The van der Waals surface area contributed by atoms with Crippen molar-refractivity contribution in [2.24, 2.45) is 5.92 Å². The van der Waals surface area contributed by atoms with Crippen LogP contribution in [0.25, 0.3) is 0 Å². The lowest BCUT2D eigenvalue weighted by atomic mass is 10.2. The van der Waals surface area contributed by atoms with Gasteiger partial charge in [-0.25, -0.2) is 4.79 Å². The minimum atomic E-state index is -0.867. The molecule has 0 saturated carbocycles. The number of hydrogen-bond donors (Lipinski definition) is 2. The Morgan fingerprint density at radius 3 is 3.00 bits per heavy atom. The molecule has 1 fully saturated rings. The second-order valence-corrected chi connectivity index (χ2v) is 3.53. The number of aliphatic carboxylic acids is 1. The van der Waals surface area contributed by atoms with E-state index >= 15 is 0 Å². The Morgan fingerprint density at radius 1 is 1.73 bits per heavy atom. The highest BCUT2D eigenvalue weighted by molar-refractivity contribution is 5.76. The van der Waals surface area contributed by atoms with Crippen LogP contribution in [0.1, 0.15) is 6.92 Å². The zero-order chi connectivity index (χ0) is 11.3. The van der Waals surface area contributed by atoms with Crippen LogP contribution < -0.4 is 5.32 Å². The fourth-order valence-corrected chi connectivity index (χ4v) is 1.23. The Hall–Kier alpha value is -1.30. The van der Waals surface area contributed by atoms with Gasteiger partial charge < -0.3 is 20.1 Å². The lowest BCUT2D eigenvalue weighted by Gasteiger charge is -2.14. The molecule has 1 aliphatic rings. The Kier molecular flexibility index (Phi) is 4.36. The van der Waals surface area contributed by atoms with Crippen molar-refractivity contribution in [3.63, 3.8) is 0 Å². The summed E-state index contributed by atoms with van der Waals surface area (Å²) in [6.45, 7) is 4.03. The lowest BCUT2D eigenvalue weighted by Crippen LogP contribution is -2.31. The molecule has 1 unspecified atom stereocenters. The second-order valence-electron chi connectivity index (χ2n) is 3.53. The Balaban J connectivity index is 2.06. The van der Waals surface area contributed by atoms with Gasteiger partial charge in [-0.2, -0.15) is 0 Å². The van der Waals surface area contributed by atoms with Gasteiger partial charge in [-0.3, -0.25) is 4.79 Å². The number of ether oxygens (including phenoxy) is 1. The summed E-state index contributed by atoms with van der Waals surface area (Å²) in [7, 11) is 0. The average Bonchev–Trinajstić information content (AvgIpc) is 2.58. The summed E-state index contributed by atoms with van der Waals surface area (Å²) in [5, 5.41) is 11.3. The zero-order valence-corrected chi connectivity index (χ0v) is 8.73. The van der Waals surface area contributed by atoms with Gasteiger partial charge in [0.2, 0.25) is 0 Å². The molecule has 6 heteroatoms. The molecule has 0 radical (unpaired) electrons. The van der Waals surface area contributed by atoms with E-state index in [1.54, 1.807) is 11.8 Å². The van der Waals surface area contributed by atoms with E-state index in [0.29, 0.717) is 26.2 Å². The van der Waals surface area contributed by atoms with E-state index < -0.39 is 11.9 Å². The van der Waals surface area contributed by atoms with Crippen LogP contribution in [0.3, 0.4) is 0 Å². The zero-order valence-electron chi connectivity index (χ0n) is 8.73. The number of carboxylic acid groups (broad SMARTS) is 1. The standard InChI is InChI=1S/C9H16N2O4/c1-7(8(12)13)6-15-5-4-11-3-2-10-9(11)14/h7H,2-6H2,1H3,(H,10,14)(H,12,13). The third kappa shape index (κ3) is 3.75. The molecule has 86 valence electrons. The van der Waals surface area contributed by atoms with Crippen LogP contribution in [0.4, 0.5) is 4.79 Å². The second kappa shape index (κ2) is 5.55. The van der Waals surface area contributed by atoms with Crippen LogP contribution in [0.2, 0.25) is 0 Å². The smallest absolute Gasteiger partial charge is 0.317 e. The molecule has 0 aromatic carbocycles. The van der Waals surface area contributed by atoms with Crippen molar-refractivity contribution in [1.82, 2.24) is 10.2 Å². The fourth-order valence-electron chi connectivity index (χ4n) is 1.23. The summed E-state index contributed by atoms with van der Waals surface area (Å²) >= 11 is 0. The number of carbonyl (C=O) groups excluding carboxylic acids is 1. The number of hydrogen-bond acceptors (Lipinski definition) is 3. The lowest BCUT2D eigenvalue weighted by molar-refractivity contribution is -0.143. The van der Waals surface area contributed by atoms with Crippen LogP contribution >= 0.6 is 0 Å². The summed E-state index contributed by atoms with van der Waals surface area (Å²) in [6, 6.07) is -0.0788. The third-order valence-corrected chi connectivity index (χ3v) is 2.24. The van der Waals surface area contributed by atoms with Gasteiger partial charge in [0, 0.05) is 19.6 Å². The van der Waals surface area contributed by atoms with Gasteiger partial charge in [-0.05, 0) is 6.92 Å². The van der Waals surface area contributed by atoms with Crippen LogP contribution in [0.15, 0.2) is 0 Å². The van der Waals surface area contributed by atoms with E-state index in [2.05, 4.69) is 5.32 Å². The molecule has 0 aromatic rings. The topological polar surface area (TPSA) is 78.9 Å². The first-order valence-electron chi connectivity index (χ1n) is 4.94. The molecule has 0 aliphatic carbocycles. The van der Waals surface area contributed by atoms with E-state index in [0.717, 1.165) is 0 Å². The quantitative estimate of drug-likeness (QED) is 0.600. The highest BCUT2D eigenvalue weighted by Gasteiger charge is 2.18. The first kappa shape index (κ1) is 11.8. The van der Waals surface area contributed by atoms with Gasteiger partial charge in [-0.1, -0.05) is 0 Å². The Labute approximate surface area is 88.2 Å². The summed E-state index contributed by atoms with van der Waals surface area (Å²) in [4.78, 5) is 23.2. The van der Waals surface area contributed by atoms with Gasteiger partial charge >= 0.3 is 12.0 Å². The average molecular weight is 216 g/mol. The number of urea groups is 1. The number of nitrogens with one attached hydrogen (secondary N) is 1. The van der Waals surface area contributed by atoms with Crippen molar-refractivity contribution in [2.45, 2.75) is 6.92 Å². The molecule has 2 amide bonds. The maximum absolute atomic E-state index is 11.1. The SMILES string of the molecule is CC(COCCN1CCNC1=O)C(=O)O. The van der Waals surface area contributed by atoms with Gasteiger partial charge in [-0.15, -0.1) is 0 Å². The van der Waals surface area contributed by atoms with Crippen molar-refractivity contribution in [3.05, 3.63) is 0 Å². The van der Waals surface area contributed by atoms with Crippen LogP contribution in [-0.2, 0) is 9.53 Å². The van der Waals surface area contributed by atoms with E-state index in [9.17, 15) is 9.59 Å². The predicted molar refractivity (Wildman–Crippen MR) is 52.6 cm³/mol. The van der Waals surface area contributed by atoms with Crippen LogP contribution in [-0.4, -0.2) is 54.9 Å². The maximum atomic E-state index is 11.1. The third-order valence-electron chi connectivity index (χ3n) is 2.24. The first-order chi connectivity index (χ1) is 7.11. The van der Waals surface area contributed by atoms with Crippen LogP contribution in [0.5, 0.6) is 0 Å². The Bertz CT molecular complexity index is 244. The summed E-state index contributed by atoms with van der Waals surface area (Å²) in [5.41, 5.74) is 0.